The Balaban J connectivity index is 2.85. The fraction of sp³-hybridized carbons (Fsp3) is 0.143. The minimum Gasteiger partial charge on any atom is -0.508 e. The number of aryl methyl sites for hydroxylation is 2. The molecular formula is C14H13NO4. The molecule has 0 radical (unpaired) electrons. The summed E-state index contributed by atoms with van der Waals surface area (Å²) in [6.45, 7) is 3.65. The van der Waals surface area contributed by atoms with Crippen molar-refractivity contribution in [1.29, 1.82) is 0 Å². The van der Waals surface area contributed by atoms with Crippen LogP contribution in [-0.2, 0) is 0 Å². The number of hydrogen-bond donors (Lipinski definition) is 2. The van der Waals surface area contributed by atoms with E-state index in [1.54, 1.807) is 13.0 Å². The van der Waals surface area contributed by atoms with Gasteiger partial charge in [0.2, 0.25) is 0 Å². The molecule has 1 heterocycles. The van der Waals surface area contributed by atoms with Gasteiger partial charge in [0.1, 0.15) is 11.4 Å². The number of aromatic nitrogens is 1. The SMILES string of the molecule is Cc1ccc(C)c(-n2c(C(=O)O)cc(O)cc2=O)c1. The average Bonchev–Trinajstić information content (AvgIpc) is 2.32. The highest BCUT2D eigenvalue weighted by Gasteiger charge is 2.16. The predicted molar refractivity (Wildman–Crippen MR) is 70.1 cm³/mol. The Morgan fingerprint density at radius 3 is 2.47 bits per heavy atom. The van der Waals surface area contributed by atoms with E-state index in [0.29, 0.717) is 5.69 Å². The molecule has 2 aromatic rings. The number of hydrogen-bond acceptors (Lipinski definition) is 3. The summed E-state index contributed by atoms with van der Waals surface area (Å²) in [5.74, 6) is -1.63. The Hall–Kier alpha value is -2.56. The molecule has 19 heavy (non-hydrogen) atoms. The molecule has 0 bridgehead atoms. The van der Waals surface area contributed by atoms with Crippen LogP contribution in [0.15, 0.2) is 35.1 Å². The van der Waals surface area contributed by atoms with Crippen molar-refractivity contribution in [2.45, 2.75) is 13.8 Å². The number of aromatic hydroxyl groups is 1. The molecule has 0 aliphatic rings. The molecule has 0 unspecified atom stereocenters. The number of carboxylic acid groups (broad SMARTS) is 1. The molecule has 0 saturated heterocycles. The quantitative estimate of drug-likeness (QED) is 0.862. The van der Waals surface area contributed by atoms with E-state index in [9.17, 15) is 14.7 Å². The van der Waals surface area contributed by atoms with Crippen molar-refractivity contribution in [3.63, 3.8) is 0 Å². The number of benzene rings is 1. The zero-order valence-corrected chi connectivity index (χ0v) is 10.5. The van der Waals surface area contributed by atoms with Gasteiger partial charge in [-0.1, -0.05) is 12.1 Å². The summed E-state index contributed by atoms with van der Waals surface area (Å²) >= 11 is 0. The van der Waals surface area contributed by atoms with E-state index in [2.05, 4.69) is 0 Å². The van der Waals surface area contributed by atoms with E-state index in [1.807, 2.05) is 19.1 Å². The maximum Gasteiger partial charge on any atom is 0.353 e. The van der Waals surface area contributed by atoms with E-state index in [4.69, 9.17) is 5.11 Å². The molecule has 0 fully saturated rings. The summed E-state index contributed by atoms with van der Waals surface area (Å²) in [7, 11) is 0. The Kier molecular flexibility index (Phi) is 3.12. The van der Waals surface area contributed by atoms with Gasteiger partial charge in [-0.15, -0.1) is 0 Å². The second kappa shape index (κ2) is 4.61. The maximum atomic E-state index is 12.0. The van der Waals surface area contributed by atoms with Gasteiger partial charge >= 0.3 is 5.97 Å². The summed E-state index contributed by atoms with van der Waals surface area (Å²) in [6.07, 6.45) is 0. The Bertz CT molecular complexity index is 716. The first-order chi connectivity index (χ1) is 8.90. The largest absolute Gasteiger partial charge is 0.508 e. The van der Waals surface area contributed by atoms with E-state index >= 15 is 0 Å². The Morgan fingerprint density at radius 1 is 1.16 bits per heavy atom. The number of carbonyl (C=O) groups is 1. The van der Waals surface area contributed by atoms with Gasteiger partial charge in [-0.05, 0) is 31.0 Å². The molecule has 2 rings (SSSR count). The molecule has 0 saturated carbocycles. The summed E-state index contributed by atoms with van der Waals surface area (Å²) < 4.78 is 1.09. The van der Waals surface area contributed by atoms with Crippen LogP contribution in [0.25, 0.3) is 5.69 Å². The summed E-state index contributed by atoms with van der Waals surface area (Å²) in [5.41, 5.74) is 1.35. The molecule has 0 amide bonds. The topological polar surface area (TPSA) is 79.5 Å². The predicted octanol–water partition coefficient (Wildman–Crippen LogP) is 1.86. The molecule has 0 aliphatic carbocycles. The molecule has 2 N–H and O–H groups in total. The van der Waals surface area contributed by atoms with Gasteiger partial charge in [-0.25, -0.2) is 4.79 Å². The monoisotopic (exact) mass is 259 g/mol. The minimum atomic E-state index is -1.27. The van der Waals surface area contributed by atoms with Gasteiger partial charge in [-0.2, -0.15) is 0 Å². The standard InChI is InChI=1S/C14H13NO4/c1-8-3-4-9(2)11(5-8)15-12(14(18)19)6-10(16)7-13(15)17/h3-7,16H,1-2H3,(H,18,19). The van der Waals surface area contributed by atoms with Gasteiger partial charge < -0.3 is 10.2 Å². The number of nitrogens with zero attached hydrogens (tertiary/aromatic N) is 1. The summed E-state index contributed by atoms with van der Waals surface area (Å²) in [5, 5.41) is 18.5. The average molecular weight is 259 g/mol. The lowest BCUT2D eigenvalue weighted by Gasteiger charge is -2.13. The molecule has 5 nitrogen and oxygen atoms in total. The minimum absolute atomic E-state index is 0.265. The molecule has 0 atom stereocenters. The van der Waals surface area contributed by atoms with Crippen LogP contribution in [0.5, 0.6) is 5.75 Å². The van der Waals surface area contributed by atoms with E-state index < -0.39 is 11.5 Å². The third-order valence-corrected chi connectivity index (χ3v) is 2.84. The van der Waals surface area contributed by atoms with Gasteiger partial charge in [0, 0.05) is 12.1 Å². The number of aromatic carboxylic acids is 1. The molecular weight excluding hydrogens is 246 g/mol. The highest BCUT2D eigenvalue weighted by Crippen LogP contribution is 2.18. The Morgan fingerprint density at radius 2 is 1.84 bits per heavy atom. The second-order valence-corrected chi connectivity index (χ2v) is 4.37. The number of pyridine rings is 1. The van der Waals surface area contributed by atoms with Gasteiger partial charge in [0.25, 0.3) is 5.56 Å². The zero-order valence-electron chi connectivity index (χ0n) is 10.5. The van der Waals surface area contributed by atoms with Crippen LogP contribution >= 0.6 is 0 Å². The van der Waals surface area contributed by atoms with Crippen LogP contribution in [-0.4, -0.2) is 20.7 Å². The maximum absolute atomic E-state index is 12.0. The van der Waals surface area contributed by atoms with E-state index in [0.717, 1.165) is 27.8 Å². The van der Waals surface area contributed by atoms with Crippen molar-refractivity contribution < 1.29 is 15.0 Å². The first-order valence-electron chi connectivity index (χ1n) is 5.67. The van der Waals surface area contributed by atoms with Crippen molar-refractivity contribution in [3.05, 3.63) is 57.5 Å². The highest BCUT2D eigenvalue weighted by atomic mass is 16.4. The third-order valence-electron chi connectivity index (χ3n) is 2.84. The Labute approximate surface area is 109 Å². The molecule has 5 heteroatoms. The molecule has 0 spiro atoms. The lowest BCUT2D eigenvalue weighted by molar-refractivity contribution is 0.0686. The van der Waals surface area contributed by atoms with Crippen molar-refractivity contribution in [1.82, 2.24) is 4.57 Å². The van der Waals surface area contributed by atoms with Crippen LogP contribution in [0.1, 0.15) is 21.6 Å². The smallest absolute Gasteiger partial charge is 0.353 e. The number of rotatable bonds is 2. The van der Waals surface area contributed by atoms with Crippen LogP contribution in [0.4, 0.5) is 0 Å². The van der Waals surface area contributed by atoms with Crippen molar-refractivity contribution >= 4 is 5.97 Å². The van der Waals surface area contributed by atoms with Gasteiger partial charge in [0.15, 0.2) is 0 Å². The first kappa shape index (κ1) is 12.9. The van der Waals surface area contributed by atoms with Crippen molar-refractivity contribution in [3.8, 4) is 11.4 Å². The normalized spacial score (nSPS) is 10.4. The third kappa shape index (κ3) is 2.35. The zero-order chi connectivity index (χ0) is 14.2. The summed E-state index contributed by atoms with van der Waals surface area (Å²) in [4.78, 5) is 23.2. The van der Waals surface area contributed by atoms with Gasteiger partial charge in [-0.3, -0.25) is 9.36 Å². The lowest BCUT2D eigenvalue weighted by Crippen LogP contribution is -2.24. The first-order valence-corrected chi connectivity index (χ1v) is 5.67. The fourth-order valence-corrected chi connectivity index (χ4v) is 1.92. The molecule has 98 valence electrons. The van der Waals surface area contributed by atoms with E-state index in [-0.39, 0.29) is 11.4 Å². The van der Waals surface area contributed by atoms with Crippen LogP contribution in [0, 0.1) is 13.8 Å². The van der Waals surface area contributed by atoms with Gasteiger partial charge in [0.05, 0.1) is 5.69 Å². The van der Waals surface area contributed by atoms with Crippen molar-refractivity contribution in [2.75, 3.05) is 0 Å². The lowest BCUT2D eigenvalue weighted by atomic mass is 10.1. The molecule has 1 aromatic carbocycles. The molecule has 0 aliphatic heterocycles. The summed E-state index contributed by atoms with van der Waals surface area (Å²) in [6, 6.07) is 7.49. The van der Waals surface area contributed by atoms with Crippen LogP contribution < -0.4 is 5.56 Å². The highest BCUT2D eigenvalue weighted by molar-refractivity contribution is 5.87. The fourth-order valence-electron chi connectivity index (χ4n) is 1.92. The van der Waals surface area contributed by atoms with Crippen molar-refractivity contribution in [2.24, 2.45) is 0 Å². The number of carboxylic acids is 1. The second-order valence-electron chi connectivity index (χ2n) is 4.37. The van der Waals surface area contributed by atoms with E-state index in [1.165, 1.54) is 0 Å². The molecule has 1 aromatic heterocycles. The van der Waals surface area contributed by atoms with Crippen LogP contribution in [0.2, 0.25) is 0 Å². The van der Waals surface area contributed by atoms with Crippen LogP contribution in [0.3, 0.4) is 0 Å².